The highest BCUT2D eigenvalue weighted by Gasteiger charge is 2.17. The fourth-order valence-electron chi connectivity index (χ4n) is 2.77. The third kappa shape index (κ3) is 3.83. The molecule has 1 saturated heterocycles. The lowest BCUT2D eigenvalue weighted by molar-refractivity contribution is 0.0473. The van der Waals surface area contributed by atoms with E-state index in [1.165, 1.54) is 0 Å². The van der Waals surface area contributed by atoms with Crippen LogP contribution in [0.15, 0.2) is 42.6 Å². The Labute approximate surface area is 140 Å². The zero-order valence-electron chi connectivity index (χ0n) is 13.6. The summed E-state index contributed by atoms with van der Waals surface area (Å²) in [6.07, 6.45) is 3.95. The number of benzene rings is 1. The maximum absolute atomic E-state index is 12.2. The summed E-state index contributed by atoms with van der Waals surface area (Å²) >= 11 is 0. The molecule has 3 rings (SSSR count). The van der Waals surface area contributed by atoms with E-state index in [2.05, 4.69) is 10.6 Å². The minimum absolute atomic E-state index is 0.219. The topological polar surface area (TPSA) is 72.4 Å². The molecule has 1 atom stereocenters. The molecule has 0 saturated carbocycles. The van der Waals surface area contributed by atoms with Gasteiger partial charge >= 0.3 is 5.97 Å². The van der Waals surface area contributed by atoms with Gasteiger partial charge in [-0.1, -0.05) is 6.07 Å². The van der Waals surface area contributed by atoms with E-state index >= 15 is 0 Å². The molecular weight excluding hydrogens is 306 g/mol. The predicted molar refractivity (Wildman–Crippen MR) is 91.1 cm³/mol. The first-order valence-corrected chi connectivity index (χ1v) is 8.07. The minimum Gasteiger partial charge on any atom is -0.460 e. The van der Waals surface area contributed by atoms with Gasteiger partial charge in [-0.2, -0.15) is 0 Å². The van der Waals surface area contributed by atoms with Crippen LogP contribution in [-0.4, -0.2) is 35.6 Å². The van der Waals surface area contributed by atoms with Crippen LogP contribution in [0.4, 0.5) is 5.69 Å². The Morgan fingerprint density at radius 1 is 1.33 bits per heavy atom. The van der Waals surface area contributed by atoms with Crippen molar-refractivity contribution < 1.29 is 14.3 Å². The third-order valence-electron chi connectivity index (χ3n) is 4.11. The molecular formula is C18H21N3O3. The van der Waals surface area contributed by atoms with E-state index in [1.807, 2.05) is 0 Å². The molecule has 126 valence electrons. The highest BCUT2D eigenvalue weighted by molar-refractivity contribution is 6.03. The number of nitrogens with zero attached hydrogens (tertiary/aromatic N) is 1. The number of anilines is 1. The molecule has 1 aromatic carbocycles. The van der Waals surface area contributed by atoms with Crippen LogP contribution in [0.3, 0.4) is 0 Å². The average Bonchev–Trinajstić information content (AvgIpc) is 3.24. The quantitative estimate of drug-likeness (QED) is 0.826. The number of esters is 1. The van der Waals surface area contributed by atoms with E-state index in [4.69, 9.17) is 4.74 Å². The average molecular weight is 327 g/mol. The number of nitrogens with one attached hydrogen (secondary N) is 2. The van der Waals surface area contributed by atoms with Crippen molar-refractivity contribution >= 4 is 17.6 Å². The van der Waals surface area contributed by atoms with Crippen molar-refractivity contribution in [1.82, 2.24) is 9.88 Å². The monoisotopic (exact) mass is 327 g/mol. The second-order valence-corrected chi connectivity index (χ2v) is 5.93. The van der Waals surface area contributed by atoms with Gasteiger partial charge in [-0.15, -0.1) is 0 Å². The van der Waals surface area contributed by atoms with Crippen LogP contribution in [0, 0.1) is 0 Å². The van der Waals surface area contributed by atoms with Gasteiger partial charge in [0.25, 0.3) is 5.91 Å². The van der Waals surface area contributed by atoms with Crippen molar-refractivity contribution in [2.75, 3.05) is 18.5 Å². The molecule has 0 unspecified atom stereocenters. The Hall–Kier alpha value is -2.60. The number of carbonyl (C=O) groups is 2. The molecule has 6 nitrogen and oxygen atoms in total. The fraction of sp³-hybridized carbons (Fsp3) is 0.333. The lowest BCUT2D eigenvalue weighted by Crippen LogP contribution is -2.28. The first-order valence-electron chi connectivity index (χ1n) is 8.07. The van der Waals surface area contributed by atoms with Gasteiger partial charge in [-0.25, -0.2) is 4.79 Å². The zero-order chi connectivity index (χ0) is 16.9. The van der Waals surface area contributed by atoms with Gasteiger partial charge in [0.15, 0.2) is 0 Å². The molecule has 1 amide bonds. The number of ether oxygens (including phenoxy) is 1. The highest BCUT2D eigenvalue weighted by Crippen LogP contribution is 2.14. The number of aromatic nitrogens is 1. The van der Waals surface area contributed by atoms with Crippen LogP contribution in [-0.2, 0) is 11.8 Å². The first-order chi connectivity index (χ1) is 11.6. The van der Waals surface area contributed by atoms with Crippen molar-refractivity contribution in [3.05, 3.63) is 53.9 Å². The lowest BCUT2D eigenvalue weighted by atomic mass is 10.2. The molecule has 2 N–H and O–H groups in total. The molecule has 0 radical (unpaired) electrons. The molecule has 0 bridgehead atoms. The number of hydrogen-bond acceptors (Lipinski definition) is 4. The van der Waals surface area contributed by atoms with Gasteiger partial charge in [-0.05, 0) is 49.7 Å². The Balaban J connectivity index is 1.62. The van der Waals surface area contributed by atoms with Crippen molar-refractivity contribution in [1.29, 1.82) is 0 Å². The number of carbonyl (C=O) groups excluding carboxylic acids is 2. The molecule has 1 aromatic heterocycles. The van der Waals surface area contributed by atoms with E-state index in [9.17, 15) is 9.59 Å². The smallest absolute Gasteiger partial charge is 0.338 e. The van der Waals surface area contributed by atoms with Crippen molar-refractivity contribution in [3.63, 3.8) is 0 Å². The molecule has 6 heteroatoms. The summed E-state index contributed by atoms with van der Waals surface area (Å²) in [6, 6.07) is 10.6. The molecule has 1 aliphatic rings. The molecule has 1 fully saturated rings. The van der Waals surface area contributed by atoms with Gasteiger partial charge in [0, 0.05) is 25.0 Å². The predicted octanol–water partition coefficient (Wildman–Crippen LogP) is 2.19. The number of aryl methyl sites for hydroxylation is 1. The van der Waals surface area contributed by atoms with E-state index in [1.54, 1.807) is 54.2 Å². The van der Waals surface area contributed by atoms with Crippen LogP contribution in [0.1, 0.15) is 33.7 Å². The second kappa shape index (κ2) is 7.31. The Bertz CT molecular complexity index is 733. The van der Waals surface area contributed by atoms with Crippen LogP contribution < -0.4 is 10.6 Å². The first kappa shape index (κ1) is 16.3. The second-order valence-electron chi connectivity index (χ2n) is 5.93. The minimum atomic E-state index is -0.376. The summed E-state index contributed by atoms with van der Waals surface area (Å²) in [5, 5.41) is 6.08. The maximum atomic E-state index is 12.2. The van der Waals surface area contributed by atoms with E-state index in [0.717, 1.165) is 19.4 Å². The Morgan fingerprint density at radius 2 is 2.21 bits per heavy atom. The summed E-state index contributed by atoms with van der Waals surface area (Å²) in [6.45, 7) is 1.35. The summed E-state index contributed by atoms with van der Waals surface area (Å²) in [5.74, 6) is -0.596. The number of rotatable bonds is 5. The van der Waals surface area contributed by atoms with Crippen LogP contribution in [0.25, 0.3) is 0 Å². The molecule has 2 aromatic rings. The molecule has 0 spiro atoms. The van der Waals surface area contributed by atoms with Gasteiger partial charge in [0.05, 0.1) is 5.56 Å². The van der Waals surface area contributed by atoms with Crippen molar-refractivity contribution in [3.8, 4) is 0 Å². The standard InChI is InChI=1S/C18H21N3O3/c1-21-10-4-8-16(21)17(22)20-14-6-2-5-13(11-14)18(23)24-12-15-7-3-9-19-15/h2,4-6,8,10-11,15,19H,3,7,9,12H2,1H3,(H,20,22)/t15-/m1/s1. The molecule has 24 heavy (non-hydrogen) atoms. The number of amides is 1. The Morgan fingerprint density at radius 3 is 2.92 bits per heavy atom. The Kier molecular flexibility index (Phi) is 4.96. The van der Waals surface area contributed by atoms with Gasteiger partial charge in [-0.3, -0.25) is 4.79 Å². The molecule has 2 heterocycles. The van der Waals surface area contributed by atoms with Gasteiger partial charge in [0.2, 0.25) is 0 Å². The van der Waals surface area contributed by atoms with Crippen LogP contribution in [0.2, 0.25) is 0 Å². The third-order valence-corrected chi connectivity index (χ3v) is 4.11. The van der Waals surface area contributed by atoms with E-state index in [0.29, 0.717) is 23.6 Å². The fourth-order valence-corrected chi connectivity index (χ4v) is 2.77. The lowest BCUT2D eigenvalue weighted by Gasteiger charge is -2.11. The molecule has 0 aliphatic carbocycles. The summed E-state index contributed by atoms with van der Waals surface area (Å²) in [5.41, 5.74) is 1.54. The van der Waals surface area contributed by atoms with E-state index in [-0.39, 0.29) is 17.9 Å². The van der Waals surface area contributed by atoms with Crippen LogP contribution in [0.5, 0.6) is 0 Å². The van der Waals surface area contributed by atoms with E-state index < -0.39 is 0 Å². The largest absolute Gasteiger partial charge is 0.460 e. The zero-order valence-corrected chi connectivity index (χ0v) is 13.6. The van der Waals surface area contributed by atoms with Crippen molar-refractivity contribution in [2.24, 2.45) is 7.05 Å². The SMILES string of the molecule is Cn1cccc1C(=O)Nc1cccc(C(=O)OC[C@H]2CCCN2)c1. The van der Waals surface area contributed by atoms with Gasteiger partial charge in [0.1, 0.15) is 12.3 Å². The van der Waals surface area contributed by atoms with Crippen molar-refractivity contribution in [2.45, 2.75) is 18.9 Å². The summed E-state index contributed by atoms with van der Waals surface area (Å²) < 4.78 is 7.08. The van der Waals surface area contributed by atoms with Gasteiger partial charge < -0.3 is 19.9 Å². The highest BCUT2D eigenvalue weighted by atomic mass is 16.5. The normalized spacial score (nSPS) is 16.8. The summed E-state index contributed by atoms with van der Waals surface area (Å²) in [7, 11) is 1.81. The maximum Gasteiger partial charge on any atom is 0.338 e. The van der Waals surface area contributed by atoms with Crippen LogP contribution >= 0.6 is 0 Å². The summed E-state index contributed by atoms with van der Waals surface area (Å²) in [4.78, 5) is 24.4. The molecule has 1 aliphatic heterocycles. The number of hydrogen-bond donors (Lipinski definition) is 2.